The predicted molar refractivity (Wildman–Crippen MR) is 76.0 cm³/mol. The predicted octanol–water partition coefficient (Wildman–Crippen LogP) is 0.139. The number of esters is 1. The van der Waals surface area contributed by atoms with E-state index >= 15 is 0 Å². The summed E-state index contributed by atoms with van der Waals surface area (Å²) in [7, 11) is 0. The molecule has 1 aromatic carbocycles. The molecule has 124 valence electrons. The van der Waals surface area contributed by atoms with Crippen LogP contribution >= 0.6 is 0 Å². The number of nitro groups is 2. The zero-order chi connectivity index (χ0) is 17.6. The van der Waals surface area contributed by atoms with E-state index in [-0.39, 0.29) is 18.4 Å². The Bertz CT molecular complexity index is 614. The molecule has 11 heteroatoms. The second-order valence-electron chi connectivity index (χ2n) is 4.59. The number of nitrogens with zero attached hydrogens (tertiary/aromatic N) is 2. The van der Waals surface area contributed by atoms with Gasteiger partial charge in [-0.15, -0.1) is 0 Å². The van der Waals surface area contributed by atoms with Gasteiger partial charge in [-0.3, -0.25) is 29.8 Å². The lowest BCUT2D eigenvalue weighted by Crippen LogP contribution is -2.33. The number of hydrogen-bond acceptors (Lipinski definition) is 8. The van der Waals surface area contributed by atoms with E-state index in [1.165, 1.54) is 0 Å². The summed E-state index contributed by atoms with van der Waals surface area (Å²) >= 11 is 0. The molecule has 0 aromatic heterocycles. The maximum atomic E-state index is 11.6. The van der Waals surface area contributed by atoms with Crippen LogP contribution in [0.1, 0.15) is 18.4 Å². The zero-order valence-corrected chi connectivity index (χ0v) is 11.8. The lowest BCUT2D eigenvalue weighted by atomic mass is 10.1. The van der Waals surface area contributed by atoms with Gasteiger partial charge < -0.3 is 16.2 Å². The number of carbonyl (C=O) groups is 2. The van der Waals surface area contributed by atoms with Crippen molar-refractivity contribution in [2.75, 3.05) is 0 Å². The molecule has 0 aliphatic rings. The van der Waals surface area contributed by atoms with Crippen molar-refractivity contribution in [1.82, 2.24) is 0 Å². The fraction of sp³-hybridized carbons (Fsp3) is 0.333. The number of benzene rings is 1. The van der Waals surface area contributed by atoms with Crippen LogP contribution in [0.4, 0.5) is 11.4 Å². The number of carbonyl (C=O) groups excluding carboxylic acids is 2. The van der Waals surface area contributed by atoms with Crippen molar-refractivity contribution in [3.8, 4) is 0 Å². The summed E-state index contributed by atoms with van der Waals surface area (Å²) in [6.07, 6.45) is -0.109. The molecule has 0 heterocycles. The zero-order valence-electron chi connectivity index (χ0n) is 11.8. The van der Waals surface area contributed by atoms with Gasteiger partial charge in [-0.2, -0.15) is 0 Å². The van der Waals surface area contributed by atoms with Crippen molar-refractivity contribution in [2.24, 2.45) is 11.5 Å². The minimum absolute atomic E-state index is 0.0107. The molecule has 1 aromatic rings. The lowest BCUT2D eigenvalue weighted by Gasteiger charge is -2.10. The SMILES string of the molecule is NC(=O)CC[C@@H](N)C(=O)OCc1cc([N+](=O)[O-])cc([N+](=O)[O-])c1. The summed E-state index contributed by atoms with van der Waals surface area (Å²) in [5, 5.41) is 21.5. The normalized spacial score (nSPS) is 11.5. The largest absolute Gasteiger partial charge is 0.460 e. The first-order chi connectivity index (χ1) is 10.7. The number of rotatable bonds is 8. The Kier molecular flexibility index (Phi) is 6.09. The molecule has 11 nitrogen and oxygen atoms in total. The second kappa shape index (κ2) is 7.79. The molecule has 1 atom stereocenters. The van der Waals surface area contributed by atoms with Gasteiger partial charge in [0.25, 0.3) is 11.4 Å². The van der Waals surface area contributed by atoms with Gasteiger partial charge in [0.2, 0.25) is 5.91 Å². The monoisotopic (exact) mass is 326 g/mol. The molecule has 0 unspecified atom stereocenters. The Labute approximate surface area is 129 Å². The van der Waals surface area contributed by atoms with E-state index in [1.807, 2.05) is 0 Å². The Morgan fingerprint density at radius 1 is 1.13 bits per heavy atom. The van der Waals surface area contributed by atoms with Crippen LogP contribution < -0.4 is 11.5 Å². The molecule has 0 radical (unpaired) electrons. The summed E-state index contributed by atoms with van der Waals surface area (Å²) in [5.74, 6) is -1.47. The van der Waals surface area contributed by atoms with E-state index in [9.17, 15) is 29.8 Å². The van der Waals surface area contributed by atoms with Crippen LogP contribution in [0.2, 0.25) is 0 Å². The Morgan fingerprint density at radius 3 is 2.09 bits per heavy atom. The third-order valence-corrected chi connectivity index (χ3v) is 2.77. The number of hydrogen-bond donors (Lipinski definition) is 2. The maximum Gasteiger partial charge on any atom is 0.323 e. The highest BCUT2D eigenvalue weighted by Gasteiger charge is 2.19. The number of primary amides is 1. The molecule has 1 rings (SSSR count). The molecule has 0 bridgehead atoms. The molecule has 0 aliphatic carbocycles. The van der Waals surface area contributed by atoms with Crippen molar-refractivity contribution < 1.29 is 24.2 Å². The van der Waals surface area contributed by atoms with Crippen LogP contribution in [-0.2, 0) is 20.9 Å². The van der Waals surface area contributed by atoms with E-state index in [0.717, 1.165) is 18.2 Å². The first-order valence-electron chi connectivity index (χ1n) is 6.34. The van der Waals surface area contributed by atoms with E-state index in [4.69, 9.17) is 16.2 Å². The van der Waals surface area contributed by atoms with Crippen LogP contribution in [0.15, 0.2) is 18.2 Å². The minimum atomic E-state index is -1.09. The van der Waals surface area contributed by atoms with Crippen molar-refractivity contribution >= 4 is 23.3 Å². The maximum absolute atomic E-state index is 11.6. The fourth-order valence-electron chi connectivity index (χ4n) is 1.63. The molecule has 1 amide bonds. The topological polar surface area (TPSA) is 182 Å². The number of ether oxygens (including phenoxy) is 1. The lowest BCUT2D eigenvalue weighted by molar-refractivity contribution is -0.394. The van der Waals surface area contributed by atoms with Crippen LogP contribution in [0.5, 0.6) is 0 Å². The van der Waals surface area contributed by atoms with Gasteiger partial charge in [0.15, 0.2) is 0 Å². The van der Waals surface area contributed by atoms with Gasteiger partial charge in [0.05, 0.1) is 15.9 Å². The quantitative estimate of drug-likeness (QED) is 0.384. The van der Waals surface area contributed by atoms with Crippen LogP contribution in [0.25, 0.3) is 0 Å². The Balaban J connectivity index is 2.76. The van der Waals surface area contributed by atoms with E-state index < -0.39 is 45.7 Å². The highest BCUT2D eigenvalue weighted by Crippen LogP contribution is 2.23. The third-order valence-electron chi connectivity index (χ3n) is 2.77. The first kappa shape index (κ1) is 18.0. The van der Waals surface area contributed by atoms with Gasteiger partial charge in [-0.1, -0.05) is 0 Å². The Hall–Kier alpha value is -3.08. The number of nitro benzene ring substituents is 2. The smallest absolute Gasteiger partial charge is 0.323 e. The average molecular weight is 326 g/mol. The number of nitrogens with two attached hydrogens (primary N) is 2. The van der Waals surface area contributed by atoms with Crippen LogP contribution in [-0.4, -0.2) is 27.8 Å². The van der Waals surface area contributed by atoms with Gasteiger partial charge >= 0.3 is 5.97 Å². The highest BCUT2D eigenvalue weighted by molar-refractivity contribution is 5.78. The molecular weight excluding hydrogens is 312 g/mol. The summed E-state index contributed by atoms with van der Waals surface area (Å²) in [6.45, 7) is -0.425. The van der Waals surface area contributed by atoms with E-state index in [2.05, 4.69) is 0 Å². The molecule has 0 aliphatic heterocycles. The van der Waals surface area contributed by atoms with Crippen molar-refractivity contribution in [2.45, 2.75) is 25.5 Å². The number of non-ortho nitro benzene ring substituents is 2. The summed E-state index contributed by atoms with van der Waals surface area (Å²) in [5.41, 5.74) is 9.49. The fourth-order valence-corrected chi connectivity index (χ4v) is 1.63. The van der Waals surface area contributed by atoms with Crippen molar-refractivity contribution in [1.29, 1.82) is 0 Å². The molecule has 0 saturated carbocycles. The summed E-state index contributed by atoms with van der Waals surface area (Å²) < 4.78 is 4.83. The molecular formula is C12H14N4O7. The minimum Gasteiger partial charge on any atom is -0.460 e. The van der Waals surface area contributed by atoms with Gasteiger partial charge in [0, 0.05) is 24.1 Å². The molecule has 4 N–H and O–H groups in total. The van der Waals surface area contributed by atoms with Crippen molar-refractivity contribution in [3.05, 3.63) is 44.0 Å². The molecule has 23 heavy (non-hydrogen) atoms. The van der Waals surface area contributed by atoms with E-state index in [1.54, 1.807) is 0 Å². The highest BCUT2D eigenvalue weighted by atomic mass is 16.6. The molecule has 0 fully saturated rings. The van der Waals surface area contributed by atoms with Crippen molar-refractivity contribution in [3.63, 3.8) is 0 Å². The summed E-state index contributed by atoms with van der Waals surface area (Å²) in [4.78, 5) is 42.1. The summed E-state index contributed by atoms with van der Waals surface area (Å²) in [6, 6.07) is 1.81. The molecule has 0 saturated heterocycles. The van der Waals surface area contributed by atoms with Crippen LogP contribution in [0, 0.1) is 20.2 Å². The van der Waals surface area contributed by atoms with Crippen LogP contribution in [0.3, 0.4) is 0 Å². The number of amides is 1. The Morgan fingerprint density at radius 2 is 1.65 bits per heavy atom. The van der Waals surface area contributed by atoms with Gasteiger partial charge in [-0.05, 0) is 6.42 Å². The second-order valence-corrected chi connectivity index (χ2v) is 4.59. The standard InChI is InChI=1S/C12H14N4O7/c13-10(1-2-11(14)17)12(18)23-6-7-3-8(15(19)20)5-9(4-7)16(21)22/h3-5,10H,1-2,6,13H2,(H2,14,17)/t10-/m1/s1. The average Bonchev–Trinajstić information content (AvgIpc) is 2.49. The van der Waals surface area contributed by atoms with E-state index in [0.29, 0.717) is 0 Å². The third kappa shape index (κ3) is 5.67. The molecule has 0 spiro atoms. The van der Waals surface area contributed by atoms with Gasteiger partial charge in [0.1, 0.15) is 12.6 Å². The first-order valence-corrected chi connectivity index (χ1v) is 6.34. The van der Waals surface area contributed by atoms with Gasteiger partial charge in [-0.25, -0.2) is 0 Å².